The van der Waals surface area contributed by atoms with Crippen LogP contribution in [-0.2, 0) is 0 Å². The van der Waals surface area contributed by atoms with E-state index < -0.39 is 0 Å². The summed E-state index contributed by atoms with van der Waals surface area (Å²) >= 11 is 0. The summed E-state index contributed by atoms with van der Waals surface area (Å²) in [6.45, 7) is 2.09. The third-order valence-electron chi connectivity index (χ3n) is 3.20. The first kappa shape index (κ1) is 14.0. The van der Waals surface area contributed by atoms with Crippen LogP contribution in [0.3, 0.4) is 0 Å². The summed E-state index contributed by atoms with van der Waals surface area (Å²) in [6.07, 6.45) is 5.81. The average Bonchev–Trinajstić information content (AvgIpc) is 2.54. The van der Waals surface area contributed by atoms with Gasteiger partial charge in [0, 0.05) is 11.9 Å². The number of aryl methyl sites for hydroxylation is 1. The van der Waals surface area contributed by atoms with Crippen LogP contribution < -0.4 is 5.32 Å². The minimum atomic E-state index is 0.595. The number of hydrogen-bond donors (Lipinski definition) is 1. The van der Waals surface area contributed by atoms with E-state index in [1.54, 1.807) is 6.20 Å². The number of rotatable bonds is 4. The lowest BCUT2D eigenvalue weighted by molar-refractivity contribution is 1.15. The zero-order valence-electron chi connectivity index (χ0n) is 12.4. The molecule has 3 rings (SSSR count). The minimum Gasteiger partial charge on any atom is -0.324 e. The second-order valence-electron chi connectivity index (χ2n) is 5.04. The monoisotopic (exact) mass is 287 g/mol. The second-order valence-corrected chi connectivity index (χ2v) is 5.04. The van der Waals surface area contributed by atoms with Crippen LogP contribution in [-0.4, -0.2) is 9.97 Å². The van der Waals surface area contributed by atoms with Gasteiger partial charge >= 0.3 is 0 Å². The van der Waals surface area contributed by atoms with Crippen molar-refractivity contribution in [2.24, 2.45) is 0 Å². The standard InChI is InChI=1S/C19H17N3/c1-15-6-5-7-16(14-15)10-11-18-12-13-20-19(22-18)21-17-8-3-2-4-9-17/h2-14H,1H3,(H,20,21,22)/b11-10+. The summed E-state index contributed by atoms with van der Waals surface area (Å²) in [4.78, 5) is 8.74. The first-order chi connectivity index (χ1) is 10.8. The normalized spacial score (nSPS) is 10.8. The summed E-state index contributed by atoms with van der Waals surface area (Å²) < 4.78 is 0. The fraction of sp³-hybridized carbons (Fsp3) is 0.0526. The first-order valence-electron chi connectivity index (χ1n) is 7.19. The van der Waals surface area contributed by atoms with Crippen LogP contribution in [0.5, 0.6) is 0 Å². The summed E-state index contributed by atoms with van der Waals surface area (Å²) in [6, 6.07) is 20.1. The molecule has 0 aliphatic carbocycles. The molecule has 0 bridgehead atoms. The van der Waals surface area contributed by atoms with Gasteiger partial charge in [0.1, 0.15) is 0 Å². The Hall–Kier alpha value is -2.94. The lowest BCUT2D eigenvalue weighted by atomic mass is 10.1. The molecule has 0 radical (unpaired) electrons. The maximum atomic E-state index is 4.50. The van der Waals surface area contributed by atoms with Gasteiger partial charge < -0.3 is 5.32 Å². The van der Waals surface area contributed by atoms with Gasteiger partial charge in [-0.25, -0.2) is 9.97 Å². The molecule has 3 aromatic rings. The molecule has 0 saturated heterocycles. The van der Waals surface area contributed by atoms with Crippen molar-refractivity contribution in [3.05, 3.63) is 83.7 Å². The Kier molecular flexibility index (Phi) is 4.25. The second kappa shape index (κ2) is 6.68. The molecule has 0 spiro atoms. The maximum Gasteiger partial charge on any atom is 0.227 e. The topological polar surface area (TPSA) is 37.8 Å². The Balaban J connectivity index is 1.76. The number of hydrogen-bond acceptors (Lipinski definition) is 3. The van der Waals surface area contributed by atoms with Crippen LogP contribution in [0.15, 0.2) is 66.9 Å². The Morgan fingerprint density at radius 2 is 1.77 bits per heavy atom. The molecule has 108 valence electrons. The summed E-state index contributed by atoms with van der Waals surface area (Å²) in [7, 11) is 0. The number of benzene rings is 2. The van der Waals surface area contributed by atoms with Gasteiger partial charge in [0.05, 0.1) is 5.69 Å². The number of nitrogens with one attached hydrogen (secondary N) is 1. The molecule has 1 aromatic heterocycles. The molecule has 22 heavy (non-hydrogen) atoms. The fourth-order valence-corrected chi connectivity index (χ4v) is 2.13. The molecule has 0 amide bonds. The van der Waals surface area contributed by atoms with Gasteiger partial charge in [0.2, 0.25) is 5.95 Å². The summed E-state index contributed by atoms with van der Waals surface area (Å²) in [5.41, 5.74) is 4.25. The van der Waals surface area contributed by atoms with Crippen molar-refractivity contribution in [1.82, 2.24) is 9.97 Å². The van der Waals surface area contributed by atoms with E-state index in [2.05, 4.69) is 52.5 Å². The Labute approximate surface area is 130 Å². The first-order valence-corrected chi connectivity index (χ1v) is 7.19. The van der Waals surface area contributed by atoms with Crippen LogP contribution in [0.1, 0.15) is 16.8 Å². The molecule has 3 nitrogen and oxygen atoms in total. The summed E-state index contributed by atoms with van der Waals surface area (Å²) in [5.74, 6) is 0.595. The average molecular weight is 287 g/mol. The van der Waals surface area contributed by atoms with Crippen LogP contribution in [0.4, 0.5) is 11.6 Å². The predicted molar refractivity (Wildman–Crippen MR) is 91.9 cm³/mol. The van der Waals surface area contributed by atoms with E-state index in [1.165, 1.54) is 5.56 Å². The molecule has 0 fully saturated rings. The molecule has 0 unspecified atom stereocenters. The SMILES string of the molecule is Cc1cccc(/C=C/c2ccnc(Nc3ccccc3)n2)c1. The van der Waals surface area contributed by atoms with Gasteiger partial charge in [-0.1, -0.05) is 54.1 Å². The summed E-state index contributed by atoms with van der Waals surface area (Å²) in [5, 5.41) is 3.20. The van der Waals surface area contributed by atoms with Crippen molar-refractivity contribution in [3.63, 3.8) is 0 Å². The lowest BCUT2D eigenvalue weighted by Gasteiger charge is -2.04. The predicted octanol–water partition coefficient (Wildman–Crippen LogP) is 4.70. The van der Waals surface area contributed by atoms with Gasteiger partial charge in [0.25, 0.3) is 0 Å². The van der Waals surface area contributed by atoms with E-state index in [9.17, 15) is 0 Å². The lowest BCUT2D eigenvalue weighted by Crippen LogP contribution is -1.97. The highest BCUT2D eigenvalue weighted by Crippen LogP contribution is 2.13. The van der Waals surface area contributed by atoms with Crippen LogP contribution in [0.2, 0.25) is 0 Å². The van der Waals surface area contributed by atoms with Gasteiger partial charge in [-0.05, 0) is 36.8 Å². The molecule has 3 heteroatoms. The Bertz CT molecular complexity index is 779. The zero-order valence-corrected chi connectivity index (χ0v) is 12.4. The van der Waals surface area contributed by atoms with Gasteiger partial charge in [0.15, 0.2) is 0 Å². The van der Waals surface area contributed by atoms with Crippen molar-refractivity contribution in [3.8, 4) is 0 Å². The van der Waals surface area contributed by atoms with Crippen LogP contribution >= 0.6 is 0 Å². The van der Waals surface area contributed by atoms with Crippen molar-refractivity contribution in [1.29, 1.82) is 0 Å². The van der Waals surface area contributed by atoms with Crippen molar-refractivity contribution in [2.75, 3.05) is 5.32 Å². The highest BCUT2D eigenvalue weighted by Gasteiger charge is 1.98. The van der Waals surface area contributed by atoms with Crippen LogP contribution in [0.25, 0.3) is 12.2 Å². The van der Waals surface area contributed by atoms with Gasteiger partial charge in [-0.3, -0.25) is 0 Å². The number of nitrogens with zero attached hydrogens (tertiary/aromatic N) is 2. The zero-order chi connectivity index (χ0) is 15.2. The number of aromatic nitrogens is 2. The van der Waals surface area contributed by atoms with E-state index in [0.29, 0.717) is 5.95 Å². The quantitative estimate of drug-likeness (QED) is 0.756. The molecular formula is C19H17N3. The third-order valence-corrected chi connectivity index (χ3v) is 3.20. The molecule has 1 heterocycles. The molecule has 1 N–H and O–H groups in total. The van der Waals surface area contributed by atoms with E-state index >= 15 is 0 Å². The molecule has 2 aromatic carbocycles. The third kappa shape index (κ3) is 3.79. The molecule has 0 atom stereocenters. The molecular weight excluding hydrogens is 270 g/mol. The molecule has 0 saturated carbocycles. The highest BCUT2D eigenvalue weighted by atomic mass is 15.1. The Morgan fingerprint density at radius 1 is 0.909 bits per heavy atom. The van der Waals surface area contributed by atoms with Crippen molar-refractivity contribution >= 4 is 23.8 Å². The van der Waals surface area contributed by atoms with E-state index in [1.807, 2.05) is 42.5 Å². The van der Waals surface area contributed by atoms with E-state index in [-0.39, 0.29) is 0 Å². The van der Waals surface area contributed by atoms with Crippen LogP contribution in [0, 0.1) is 6.92 Å². The number of anilines is 2. The maximum absolute atomic E-state index is 4.50. The molecule has 0 aliphatic rings. The number of para-hydroxylation sites is 1. The van der Waals surface area contributed by atoms with Crippen molar-refractivity contribution < 1.29 is 0 Å². The van der Waals surface area contributed by atoms with E-state index in [4.69, 9.17) is 0 Å². The molecule has 0 aliphatic heterocycles. The smallest absolute Gasteiger partial charge is 0.227 e. The van der Waals surface area contributed by atoms with Gasteiger partial charge in [-0.2, -0.15) is 0 Å². The Morgan fingerprint density at radius 3 is 2.59 bits per heavy atom. The highest BCUT2D eigenvalue weighted by molar-refractivity contribution is 5.68. The van der Waals surface area contributed by atoms with Gasteiger partial charge in [-0.15, -0.1) is 0 Å². The fourth-order valence-electron chi connectivity index (χ4n) is 2.13. The van der Waals surface area contributed by atoms with E-state index in [0.717, 1.165) is 16.9 Å². The largest absolute Gasteiger partial charge is 0.324 e. The minimum absolute atomic E-state index is 0.595. The van der Waals surface area contributed by atoms with Crippen molar-refractivity contribution in [2.45, 2.75) is 6.92 Å².